The minimum atomic E-state index is -3.88. The van der Waals surface area contributed by atoms with Crippen molar-refractivity contribution in [1.82, 2.24) is 10.3 Å². The molecule has 0 aliphatic carbocycles. The fraction of sp³-hybridized carbons (Fsp3) is 0.381. The van der Waals surface area contributed by atoms with Gasteiger partial charge in [0, 0.05) is 16.7 Å². The van der Waals surface area contributed by atoms with Gasteiger partial charge in [-0.25, -0.2) is 8.42 Å². The number of sulfonamides is 1. The first-order valence-corrected chi connectivity index (χ1v) is 10.5. The number of benzene rings is 2. The van der Waals surface area contributed by atoms with Crippen molar-refractivity contribution < 1.29 is 18.3 Å². The van der Waals surface area contributed by atoms with Crippen molar-refractivity contribution >= 4 is 15.9 Å². The Kier molecular flexibility index (Phi) is 5.92. The van der Waals surface area contributed by atoms with E-state index in [4.69, 9.17) is 0 Å². The Labute approximate surface area is 167 Å². The van der Waals surface area contributed by atoms with E-state index in [1.54, 1.807) is 30.3 Å². The van der Waals surface area contributed by atoms with Crippen LogP contribution < -0.4 is 10.3 Å². The number of hydrogen-bond donors (Lipinski definition) is 3. The highest BCUT2D eigenvalue weighted by Crippen LogP contribution is 2.39. The lowest BCUT2D eigenvalue weighted by atomic mass is 9.78. The van der Waals surface area contributed by atoms with Crippen LogP contribution in [0.3, 0.4) is 0 Å². The van der Waals surface area contributed by atoms with Gasteiger partial charge in [0.05, 0.1) is 4.90 Å². The average Bonchev–Trinajstić information content (AvgIpc) is 2.58. The third kappa shape index (κ3) is 4.91. The van der Waals surface area contributed by atoms with Gasteiger partial charge in [-0.05, 0) is 35.1 Å². The minimum Gasteiger partial charge on any atom is -0.507 e. The molecule has 28 heavy (non-hydrogen) atoms. The molecule has 0 saturated heterocycles. The van der Waals surface area contributed by atoms with Gasteiger partial charge in [-0.2, -0.15) is 0 Å². The largest absolute Gasteiger partial charge is 0.507 e. The van der Waals surface area contributed by atoms with Crippen LogP contribution in [0.2, 0.25) is 0 Å². The summed E-state index contributed by atoms with van der Waals surface area (Å²) in [6.45, 7) is 11.6. The highest BCUT2D eigenvalue weighted by molar-refractivity contribution is 7.89. The molecule has 2 aromatic rings. The van der Waals surface area contributed by atoms with Gasteiger partial charge in [0.15, 0.2) is 0 Å². The van der Waals surface area contributed by atoms with Crippen LogP contribution in [-0.4, -0.2) is 19.4 Å². The Morgan fingerprint density at radius 3 is 1.79 bits per heavy atom. The Bertz CT molecular complexity index is 935. The fourth-order valence-corrected chi connectivity index (χ4v) is 3.61. The number of phenolic OH excluding ortho intramolecular Hbond substituents is 1. The molecule has 0 radical (unpaired) electrons. The molecule has 0 unspecified atom stereocenters. The first-order valence-electron chi connectivity index (χ1n) is 8.98. The molecule has 2 rings (SSSR count). The van der Waals surface area contributed by atoms with Crippen LogP contribution in [0.5, 0.6) is 5.75 Å². The van der Waals surface area contributed by atoms with Crippen LogP contribution in [-0.2, 0) is 20.9 Å². The van der Waals surface area contributed by atoms with Crippen LogP contribution in [0, 0.1) is 0 Å². The zero-order valence-electron chi connectivity index (χ0n) is 17.1. The van der Waals surface area contributed by atoms with Crippen LogP contribution in [0.4, 0.5) is 0 Å². The highest BCUT2D eigenvalue weighted by atomic mass is 32.2. The van der Waals surface area contributed by atoms with Crippen LogP contribution in [0.25, 0.3) is 0 Å². The fourth-order valence-electron chi connectivity index (χ4n) is 2.75. The molecular formula is C21H28N2O4S. The molecule has 0 aliphatic heterocycles. The molecule has 0 heterocycles. The SMILES string of the molecule is CC(C)(C)c1cc(C(=O)NNS(=O)(=O)c2ccccc2)cc(C(C)(C)C)c1O. The molecule has 2 aromatic carbocycles. The first kappa shape index (κ1) is 21.9. The second-order valence-corrected chi connectivity index (χ2v) is 10.5. The summed E-state index contributed by atoms with van der Waals surface area (Å²) >= 11 is 0. The summed E-state index contributed by atoms with van der Waals surface area (Å²) in [5, 5.41) is 10.7. The lowest BCUT2D eigenvalue weighted by Gasteiger charge is -2.28. The predicted octanol–water partition coefficient (Wildman–Crippen LogP) is 3.61. The lowest BCUT2D eigenvalue weighted by molar-refractivity contribution is 0.0945. The van der Waals surface area contributed by atoms with Gasteiger partial charge < -0.3 is 5.11 Å². The number of aromatic hydroxyl groups is 1. The molecular weight excluding hydrogens is 376 g/mol. The molecule has 0 atom stereocenters. The molecule has 0 aromatic heterocycles. The van der Waals surface area contributed by atoms with E-state index in [-0.39, 0.29) is 16.2 Å². The number of nitrogens with one attached hydrogen (secondary N) is 2. The van der Waals surface area contributed by atoms with Gasteiger partial charge in [0.2, 0.25) is 0 Å². The number of hydrazine groups is 1. The Morgan fingerprint density at radius 1 is 0.893 bits per heavy atom. The molecule has 6 nitrogen and oxygen atoms in total. The molecule has 0 fully saturated rings. The quantitative estimate of drug-likeness (QED) is 0.679. The van der Waals surface area contributed by atoms with E-state index in [0.717, 1.165) is 0 Å². The van der Waals surface area contributed by atoms with Crippen molar-refractivity contribution in [2.45, 2.75) is 57.3 Å². The summed E-state index contributed by atoms with van der Waals surface area (Å²) in [6.07, 6.45) is 0. The number of carbonyl (C=O) groups excluding carboxylic acids is 1. The molecule has 0 spiro atoms. The van der Waals surface area contributed by atoms with Crippen LogP contribution >= 0.6 is 0 Å². The van der Waals surface area contributed by atoms with Gasteiger partial charge in [-0.3, -0.25) is 10.2 Å². The van der Waals surface area contributed by atoms with E-state index in [1.807, 2.05) is 41.5 Å². The van der Waals surface area contributed by atoms with Gasteiger partial charge in [0.1, 0.15) is 5.75 Å². The maximum Gasteiger partial charge on any atom is 0.266 e. The Balaban J connectivity index is 2.38. The third-order valence-corrected chi connectivity index (χ3v) is 5.60. The van der Waals surface area contributed by atoms with Gasteiger partial charge in [-0.1, -0.05) is 59.7 Å². The molecule has 0 saturated carbocycles. The van der Waals surface area contributed by atoms with E-state index >= 15 is 0 Å². The second-order valence-electron chi connectivity index (χ2n) is 8.79. The van der Waals surface area contributed by atoms with E-state index in [1.165, 1.54) is 12.1 Å². The average molecular weight is 405 g/mol. The summed E-state index contributed by atoms with van der Waals surface area (Å²) in [6, 6.07) is 11.0. The Morgan fingerprint density at radius 2 is 1.36 bits per heavy atom. The van der Waals surface area contributed by atoms with E-state index in [2.05, 4.69) is 10.3 Å². The smallest absolute Gasteiger partial charge is 0.266 e. The van der Waals surface area contributed by atoms with Crippen molar-refractivity contribution in [1.29, 1.82) is 0 Å². The van der Waals surface area contributed by atoms with Crippen molar-refractivity contribution in [3.05, 3.63) is 59.2 Å². The van der Waals surface area contributed by atoms with Crippen molar-refractivity contribution in [3.63, 3.8) is 0 Å². The number of amides is 1. The van der Waals surface area contributed by atoms with Crippen molar-refractivity contribution in [2.24, 2.45) is 0 Å². The molecule has 7 heteroatoms. The Hall–Kier alpha value is -2.38. The van der Waals surface area contributed by atoms with Crippen molar-refractivity contribution in [2.75, 3.05) is 0 Å². The number of rotatable bonds is 4. The van der Waals surface area contributed by atoms with Gasteiger partial charge >= 0.3 is 0 Å². The third-order valence-electron chi connectivity index (χ3n) is 4.34. The monoisotopic (exact) mass is 404 g/mol. The molecule has 152 valence electrons. The number of hydrogen-bond acceptors (Lipinski definition) is 4. The van der Waals surface area contributed by atoms with E-state index < -0.39 is 26.8 Å². The van der Waals surface area contributed by atoms with Crippen molar-refractivity contribution in [3.8, 4) is 5.75 Å². The zero-order valence-corrected chi connectivity index (χ0v) is 17.9. The summed E-state index contributed by atoms with van der Waals surface area (Å²) in [4.78, 5) is 14.8. The minimum absolute atomic E-state index is 0.0479. The summed E-state index contributed by atoms with van der Waals surface area (Å²) < 4.78 is 24.6. The summed E-state index contributed by atoms with van der Waals surface area (Å²) in [5.41, 5.74) is 2.97. The molecule has 3 N–H and O–H groups in total. The maximum absolute atomic E-state index is 12.7. The van der Waals surface area contributed by atoms with E-state index in [0.29, 0.717) is 11.1 Å². The van der Waals surface area contributed by atoms with Crippen LogP contribution in [0.1, 0.15) is 63.0 Å². The lowest BCUT2D eigenvalue weighted by Crippen LogP contribution is -2.41. The van der Waals surface area contributed by atoms with E-state index in [9.17, 15) is 18.3 Å². The predicted molar refractivity (Wildman–Crippen MR) is 110 cm³/mol. The zero-order chi connectivity index (χ0) is 21.3. The summed E-state index contributed by atoms with van der Waals surface area (Å²) in [7, 11) is -3.88. The molecule has 0 aliphatic rings. The number of phenols is 1. The summed E-state index contributed by atoms with van der Waals surface area (Å²) in [5.74, 6) is -0.447. The van der Waals surface area contributed by atoms with Gasteiger partial charge in [-0.15, -0.1) is 4.83 Å². The maximum atomic E-state index is 12.7. The van der Waals surface area contributed by atoms with Crippen LogP contribution in [0.15, 0.2) is 47.4 Å². The molecule has 0 bridgehead atoms. The standard InChI is InChI=1S/C21H28N2O4S/c1-20(2,3)16-12-14(13-17(18(16)24)21(4,5)6)19(25)22-23-28(26,27)15-10-8-7-9-11-15/h7-13,23-24H,1-6H3,(H,22,25). The van der Waals surface area contributed by atoms with Gasteiger partial charge in [0.25, 0.3) is 15.9 Å². The normalized spacial score (nSPS) is 12.6. The first-order chi connectivity index (χ1) is 12.7. The molecule has 1 amide bonds. The second kappa shape index (κ2) is 7.56. The highest BCUT2D eigenvalue weighted by Gasteiger charge is 2.28. The number of carbonyl (C=O) groups is 1. The topological polar surface area (TPSA) is 95.5 Å².